The lowest BCUT2D eigenvalue weighted by Crippen LogP contribution is -2.84. The van der Waals surface area contributed by atoms with Gasteiger partial charge in [-0.1, -0.05) is 40.5 Å². The SMILES string of the molecule is CCCC1C2C(C)CC(C)C2C(C)C2C3CCC4C1C1C4C4C2C3C14. The lowest BCUT2D eigenvalue weighted by Gasteiger charge is -2.88. The third kappa shape index (κ3) is 1.37. The molecule has 0 aromatic carbocycles. The van der Waals surface area contributed by atoms with Crippen molar-refractivity contribution in [2.24, 2.45) is 94.7 Å². The highest BCUT2D eigenvalue weighted by Gasteiger charge is 2.83. The maximum Gasteiger partial charge on any atom is -0.0312 e. The molecule has 16 unspecified atom stereocenters. The van der Waals surface area contributed by atoms with E-state index in [1.54, 1.807) is 25.7 Å². The van der Waals surface area contributed by atoms with Crippen molar-refractivity contribution in [3.05, 3.63) is 0 Å². The largest absolute Gasteiger partial charge is 0.0654 e. The molecule has 13 fully saturated rings. The fraction of sp³-hybridized carbons (Fsp3) is 1.00. The molecule has 25 heavy (non-hydrogen) atoms. The van der Waals surface area contributed by atoms with E-state index in [4.69, 9.17) is 0 Å². The van der Waals surface area contributed by atoms with Crippen molar-refractivity contribution >= 4 is 0 Å². The first-order valence-electron chi connectivity index (χ1n) is 12.1. The molecule has 0 spiro atoms. The maximum atomic E-state index is 2.75. The molecule has 0 nitrogen and oxygen atoms in total. The van der Waals surface area contributed by atoms with E-state index in [-0.39, 0.29) is 0 Å². The summed E-state index contributed by atoms with van der Waals surface area (Å²) < 4.78 is 0. The minimum Gasteiger partial charge on any atom is -0.0654 e. The van der Waals surface area contributed by atoms with E-state index in [1.807, 2.05) is 0 Å². The Kier molecular flexibility index (Phi) is 2.71. The van der Waals surface area contributed by atoms with Crippen LogP contribution in [0.25, 0.3) is 0 Å². The number of hydrogen-bond donors (Lipinski definition) is 0. The molecule has 10 bridgehead atoms. The Bertz CT molecular complexity index is 578. The Morgan fingerprint density at radius 3 is 1.84 bits per heavy atom. The molecule has 13 aliphatic rings. The van der Waals surface area contributed by atoms with Gasteiger partial charge in [0.15, 0.2) is 0 Å². The van der Waals surface area contributed by atoms with E-state index in [0.29, 0.717) is 0 Å². The molecule has 0 aromatic rings. The van der Waals surface area contributed by atoms with Crippen LogP contribution >= 0.6 is 0 Å². The monoisotopic (exact) mass is 338 g/mol. The highest BCUT2D eigenvalue weighted by atomic mass is 14.9. The Morgan fingerprint density at radius 2 is 1.16 bits per heavy atom. The van der Waals surface area contributed by atoms with Gasteiger partial charge in [0.05, 0.1) is 0 Å². The Labute approximate surface area is 154 Å². The third-order valence-electron chi connectivity index (χ3n) is 12.1. The van der Waals surface area contributed by atoms with Crippen molar-refractivity contribution in [2.45, 2.75) is 59.8 Å². The average Bonchev–Trinajstić information content (AvgIpc) is 2.82. The van der Waals surface area contributed by atoms with E-state index in [9.17, 15) is 0 Å². The standard InChI is InChI=1S/C25H38/c1-5-6-13-17-11(3)9-10(2)16(17)12(4)18-14-7-8-15-19(13)23-21(15)24-22(18)20(14)25(23)24/h10-25H,5-9H2,1-4H3. The molecule has 0 saturated heterocycles. The summed E-state index contributed by atoms with van der Waals surface area (Å²) in [6, 6.07) is 0. The minimum atomic E-state index is 1.01. The van der Waals surface area contributed by atoms with Crippen LogP contribution in [0.5, 0.6) is 0 Å². The summed E-state index contributed by atoms with van der Waals surface area (Å²) in [6.45, 7) is 10.5. The zero-order valence-electron chi connectivity index (χ0n) is 16.8. The predicted octanol–water partition coefficient (Wildman–Crippen LogP) is 5.97. The van der Waals surface area contributed by atoms with Crippen LogP contribution in [0.4, 0.5) is 0 Å². The van der Waals surface area contributed by atoms with Gasteiger partial charge in [-0.3, -0.25) is 0 Å². The van der Waals surface area contributed by atoms with Gasteiger partial charge in [0.2, 0.25) is 0 Å². The molecule has 13 aliphatic carbocycles. The molecule has 0 heteroatoms. The molecule has 0 aliphatic heterocycles. The van der Waals surface area contributed by atoms with Gasteiger partial charge in [0.25, 0.3) is 0 Å². The van der Waals surface area contributed by atoms with Crippen molar-refractivity contribution in [2.75, 3.05) is 0 Å². The Hall–Kier alpha value is 0. The first kappa shape index (κ1) is 15.0. The summed E-state index contributed by atoms with van der Waals surface area (Å²) in [5.74, 6) is 18.5. The van der Waals surface area contributed by atoms with E-state index < -0.39 is 0 Å². The summed E-state index contributed by atoms with van der Waals surface area (Å²) in [5, 5.41) is 0. The summed E-state index contributed by atoms with van der Waals surface area (Å²) in [5.41, 5.74) is 0. The zero-order valence-corrected chi connectivity index (χ0v) is 16.8. The first-order valence-corrected chi connectivity index (χ1v) is 12.1. The van der Waals surface area contributed by atoms with E-state index in [2.05, 4.69) is 27.7 Å². The van der Waals surface area contributed by atoms with Gasteiger partial charge in [0.1, 0.15) is 0 Å². The second-order valence-electron chi connectivity index (χ2n) is 12.2. The zero-order chi connectivity index (χ0) is 16.8. The topological polar surface area (TPSA) is 0 Å². The fourth-order valence-corrected chi connectivity index (χ4v) is 12.2. The summed E-state index contributed by atoms with van der Waals surface area (Å²) in [6.07, 6.45) is 7.84. The molecular weight excluding hydrogens is 300 g/mol. The van der Waals surface area contributed by atoms with Gasteiger partial charge < -0.3 is 0 Å². The molecule has 0 aromatic heterocycles. The van der Waals surface area contributed by atoms with Crippen LogP contribution in [0.2, 0.25) is 0 Å². The van der Waals surface area contributed by atoms with Crippen LogP contribution in [0.15, 0.2) is 0 Å². The van der Waals surface area contributed by atoms with Crippen LogP contribution in [0.3, 0.4) is 0 Å². The maximum absolute atomic E-state index is 2.75. The average molecular weight is 339 g/mol. The second kappa shape index (κ2) is 4.52. The number of rotatable bonds is 2. The molecule has 13 rings (SSSR count). The molecule has 0 radical (unpaired) electrons. The normalized spacial score (nSPS) is 73.4. The number of hydrogen-bond acceptors (Lipinski definition) is 0. The quantitative estimate of drug-likeness (QED) is 0.582. The van der Waals surface area contributed by atoms with Crippen molar-refractivity contribution in [1.82, 2.24) is 0 Å². The van der Waals surface area contributed by atoms with Crippen molar-refractivity contribution in [3.8, 4) is 0 Å². The van der Waals surface area contributed by atoms with Crippen LogP contribution in [-0.4, -0.2) is 0 Å². The lowest BCUT2D eigenvalue weighted by atomic mass is 9.16. The summed E-state index contributed by atoms with van der Waals surface area (Å²) >= 11 is 0. The molecular formula is C25H38. The van der Waals surface area contributed by atoms with Gasteiger partial charge in [-0.15, -0.1) is 0 Å². The molecule has 16 atom stereocenters. The molecule has 0 amide bonds. The van der Waals surface area contributed by atoms with Crippen LogP contribution in [-0.2, 0) is 0 Å². The predicted molar refractivity (Wildman–Crippen MR) is 102 cm³/mol. The Balaban J connectivity index is 1.39. The summed E-state index contributed by atoms with van der Waals surface area (Å²) in [4.78, 5) is 0. The van der Waals surface area contributed by atoms with Gasteiger partial charge in [-0.2, -0.15) is 0 Å². The van der Waals surface area contributed by atoms with Crippen LogP contribution < -0.4 is 0 Å². The van der Waals surface area contributed by atoms with Gasteiger partial charge >= 0.3 is 0 Å². The van der Waals surface area contributed by atoms with Crippen molar-refractivity contribution < 1.29 is 0 Å². The fourth-order valence-electron chi connectivity index (χ4n) is 12.2. The first-order chi connectivity index (χ1) is 12.1. The molecule has 138 valence electrons. The highest BCUT2D eigenvalue weighted by Crippen LogP contribution is 2.87. The van der Waals surface area contributed by atoms with Crippen LogP contribution in [0, 0.1) is 94.7 Å². The van der Waals surface area contributed by atoms with E-state index in [1.165, 1.54) is 59.7 Å². The van der Waals surface area contributed by atoms with Gasteiger partial charge in [0, 0.05) is 0 Å². The minimum absolute atomic E-state index is 1.01. The van der Waals surface area contributed by atoms with Crippen molar-refractivity contribution in [3.63, 3.8) is 0 Å². The molecule has 0 heterocycles. The van der Waals surface area contributed by atoms with Crippen LogP contribution in [0.1, 0.15) is 59.8 Å². The van der Waals surface area contributed by atoms with E-state index >= 15 is 0 Å². The second-order valence-corrected chi connectivity index (χ2v) is 12.2. The van der Waals surface area contributed by atoms with Gasteiger partial charge in [-0.05, 0) is 114 Å². The highest BCUT2D eigenvalue weighted by molar-refractivity contribution is 5.30. The lowest BCUT2D eigenvalue weighted by molar-refractivity contribution is -0.413. The smallest absolute Gasteiger partial charge is 0.0312 e. The molecule has 13 saturated carbocycles. The third-order valence-corrected chi connectivity index (χ3v) is 12.1. The van der Waals surface area contributed by atoms with E-state index in [0.717, 1.165) is 41.4 Å². The molecule has 0 N–H and O–H groups in total. The van der Waals surface area contributed by atoms with Gasteiger partial charge in [-0.25, -0.2) is 0 Å². The van der Waals surface area contributed by atoms with Crippen molar-refractivity contribution in [1.29, 1.82) is 0 Å². The Morgan fingerprint density at radius 1 is 0.600 bits per heavy atom. The summed E-state index contributed by atoms with van der Waals surface area (Å²) in [7, 11) is 0.